The first-order chi connectivity index (χ1) is 11.5. The molecule has 0 aliphatic heterocycles. The summed E-state index contributed by atoms with van der Waals surface area (Å²) in [4.78, 5) is 13.0. The number of benzene rings is 1. The van der Waals surface area contributed by atoms with Gasteiger partial charge in [-0.25, -0.2) is 0 Å². The molecule has 0 aliphatic rings. The maximum Gasteiger partial charge on any atom is 0.222 e. The highest BCUT2D eigenvalue weighted by Crippen LogP contribution is 2.35. The Kier molecular flexibility index (Phi) is 6.35. The van der Waals surface area contributed by atoms with E-state index in [2.05, 4.69) is 0 Å². The molecule has 0 bridgehead atoms. The quantitative estimate of drug-likeness (QED) is 0.507. The van der Waals surface area contributed by atoms with Gasteiger partial charge < -0.3 is 13.9 Å². The molecule has 24 heavy (non-hydrogen) atoms. The van der Waals surface area contributed by atoms with E-state index in [0.29, 0.717) is 24.5 Å². The second-order valence-corrected chi connectivity index (χ2v) is 5.92. The molecular weight excluding hydrogens is 304 g/mol. The van der Waals surface area contributed by atoms with Crippen molar-refractivity contribution in [2.45, 2.75) is 46.8 Å². The van der Waals surface area contributed by atoms with E-state index >= 15 is 0 Å². The molecule has 130 valence electrons. The smallest absolute Gasteiger partial charge is 0.222 e. The van der Waals surface area contributed by atoms with Crippen LogP contribution in [0.5, 0.6) is 0 Å². The van der Waals surface area contributed by atoms with Crippen molar-refractivity contribution >= 4 is 5.78 Å². The lowest BCUT2D eigenvalue weighted by Gasteiger charge is -2.16. The number of carbonyl (C=O) groups is 1. The lowest BCUT2D eigenvalue weighted by Crippen LogP contribution is -2.28. The number of ketones is 1. The van der Waals surface area contributed by atoms with Gasteiger partial charge in [-0.15, -0.1) is 0 Å². The minimum Gasteiger partial charge on any atom is -0.460 e. The van der Waals surface area contributed by atoms with Gasteiger partial charge in [-0.05, 0) is 20.8 Å². The van der Waals surface area contributed by atoms with Crippen molar-refractivity contribution in [2.24, 2.45) is 0 Å². The number of rotatable bonds is 8. The van der Waals surface area contributed by atoms with E-state index in [1.165, 1.54) is 0 Å². The van der Waals surface area contributed by atoms with Crippen molar-refractivity contribution < 1.29 is 18.7 Å². The van der Waals surface area contributed by atoms with Gasteiger partial charge in [-0.2, -0.15) is 0 Å². The summed E-state index contributed by atoms with van der Waals surface area (Å²) >= 11 is 0. The predicted molar refractivity (Wildman–Crippen MR) is 94.3 cm³/mol. The average molecular weight is 330 g/mol. The molecule has 4 nitrogen and oxygen atoms in total. The first kappa shape index (κ1) is 18.4. The van der Waals surface area contributed by atoms with E-state index in [9.17, 15) is 4.79 Å². The minimum atomic E-state index is -0.891. The second kappa shape index (κ2) is 8.27. The summed E-state index contributed by atoms with van der Waals surface area (Å²) in [5, 5.41) is 0. The van der Waals surface area contributed by atoms with Crippen molar-refractivity contribution in [3.8, 4) is 11.3 Å². The van der Waals surface area contributed by atoms with Gasteiger partial charge in [0.2, 0.25) is 12.1 Å². The Morgan fingerprint density at radius 2 is 1.67 bits per heavy atom. The summed E-state index contributed by atoms with van der Waals surface area (Å²) in [6.07, 6.45) is -0.891. The fourth-order valence-corrected chi connectivity index (χ4v) is 2.73. The van der Waals surface area contributed by atoms with Crippen LogP contribution in [0.4, 0.5) is 0 Å². The maximum absolute atomic E-state index is 13.0. The molecule has 0 radical (unpaired) electrons. The van der Waals surface area contributed by atoms with Gasteiger partial charge in [0.15, 0.2) is 0 Å². The predicted octanol–water partition coefficient (Wildman–Crippen LogP) is 4.96. The van der Waals surface area contributed by atoms with E-state index in [1.54, 1.807) is 0 Å². The van der Waals surface area contributed by atoms with Crippen LogP contribution in [0.15, 0.2) is 34.7 Å². The third kappa shape index (κ3) is 3.77. The Hall–Kier alpha value is -1.91. The lowest BCUT2D eigenvalue weighted by molar-refractivity contribution is -0.107. The van der Waals surface area contributed by atoms with Gasteiger partial charge in [0.25, 0.3) is 0 Å². The molecule has 0 spiro atoms. The van der Waals surface area contributed by atoms with E-state index in [4.69, 9.17) is 13.9 Å². The van der Waals surface area contributed by atoms with Crippen LogP contribution in [0, 0.1) is 6.92 Å². The molecule has 0 fully saturated rings. The van der Waals surface area contributed by atoms with Gasteiger partial charge in [0.05, 0.1) is 5.56 Å². The molecule has 1 aromatic heterocycles. The van der Waals surface area contributed by atoms with Crippen molar-refractivity contribution in [3.05, 3.63) is 47.2 Å². The molecule has 2 rings (SSSR count). The Morgan fingerprint density at radius 1 is 1.08 bits per heavy atom. The molecule has 0 amide bonds. The van der Waals surface area contributed by atoms with Crippen molar-refractivity contribution in [3.63, 3.8) is 0 Å². The maximum atomic E-state index is 13.0. The highest BCUT2D eigenvalue weighted by Gasteiger charge is 2.31. The summed E-state index contributed by atoms with van der Waals surface area (Å²) in [5.41, 5.74) is 2.37. The fourth-order valence-electron chi connectivity index (χ4n) is 2.73. The third-order valence-corrected chi connectivity index (χ3v) is 3.83. The lowest BCUT2D eigenvalue weighted by atomic mass is 9.98. The van der Waals surface area contributed by atoms with E-state index < -0.39 is 6.29 Å². The SMILES string of the molecule is CCOC(OCC)C(=O)c1c(C(C)C)oc(-c2ccccc2)c1C. The number of carbonyl (C=O) groups excluding carboxylic acids is 1. The van der Waals surface area contributed by atoms with Gasteiger partial charge in [0.1, 0.15) is 11.5 Å². The molecule has 0 N–H and O–H groups in total. The molecule has 1 heterocycles. The second-order valence-electron chi connectivity index (χ2n) is 5.92. The molecule has 4 heteroatoms. The summed E-state index contributed by atoms with van der Waals surface area (Å²) in [5.74, 6) is 1.32. The third-order valence-electron chi connectivity index (χ3n) is 3.83. The van der Waals surface area contributed by atoms with Crippen molar-refractivity contribution in [1.82, 2.24) is 0 Å². The molecule has 1 aromatic carbocycles. The Balaban J connectivity index is 2.52. The van der Waals surface area contributed by atoms with Gasteiger partial charge in [0, 0.05) is 30.3 Å². The molecule has 0 aliphatic carbocycles. The van der Waals surface area contributed by atoms with Crippen LogP contribution in [0.25, 0.3) is 11.3 Å². The molecule has 0 unspecified atom stereocenters. The summed E-state index contributed by atoms with van der Waals surface area (Å²) in [7, 11) is 0. The van der Waals surface area contributed by atoms with Gasteiger partial charge >= 0.3 is 0 Å². The Morgan fingerprint density at radius 3 is 2.17 bits per heavy atom. The zero-order chi connectivity index (χ0) is 17.7. The highest BCUT2D eigenvalue weighted by atomic mass is 16.7. The normalized spacial score (nSPS) is 11.5. The summed E-state index contributed by atoms with van der Waals surface area (Å²) in [6.45, 7) is 10.5. The number of furan rings is 1. The van der Waals surface area contributed by atoms with Crippen LogP contribution in [0.2, 0.25) is 0 Å². The molecule has 2 aromatic rings. The molecule has 0 atom stereocenters. The minimum absolute atomic E-state index is 0.0871. The molecule has 0 saturated carbocycles. The van der Waals surface area contributed by atoms with Crippen LogP contribution in [0.3, 0.4) is 0 Å². The van der Waals surface area contributed by atoms with Crippen LogP contribution in [0.1, 0.15) is 55.3 Å². The van der Waals surface area contributed by atoms with Gasteiger partial charge in [-0.3, -0.25) is 4.79 Å². The van der Waals surface area contributed by atoms with E-state index in [0.717, 1.165) is 16.9 Å². The topological polar surface area (TPSA) is 48.7 Å². The van der Waals surface area contributed by atoms with Gasteiger partial charge in [-0.1, -0.05) is 44.2 Å². The number of hydrogen-bond acceptors (Lipinski definition) is 4. The average Bonchev–Trinajstić information content (AvgIpc) is 2.92. The first-order valence-electron chi connectivity index (χ1n) is 8.47. The Labute approximate surface area is 143 Å². The fraction of sp³-hybridized carbons (Fsp3) is 0.450. The summed E-state index contributed by atoms with van der Waals surface area (Å²) < 4.78 is 17.1. The standard InChI is InChI=1S/C20H26O4/c1-6-22-20(23-7-2)17(21)16-14(5)19(24-18(16)13(3)4)15-11-9-8-10-12-15/h8-13,20H,6-7H2,1-5H3. The Bertz CT molecular complexity index is 664. The van der Waals surface area contributed by atoms with Crippen molar-refractivity contribution in [2.75, 3.05) is 13.2 Å². The van der Waals surface area contributed by atoms with E-state index in [1.807, 2.05) is 65.0 Å². The van der Waals surface area contributed by atoms with Crippen molar-refractivity contribution in [1.29, 1.82) is 0 Å². The largest absolute Gasteiger partial charge is 0.460 e. The number of ether oxygens (including phenoxy) is 2. The first-order valence-corrected chi connectivity index (χ1v) is 8.47. The van der Waals surface area contributed by atoms with Crippen LogP contribution in [-0.4, -0.2) is 25.3 Å². The van der Waals surface area contributed by atoms with Crippen LogP contribution in [-0.2, 0) is 9.47 Å². The highest BCUT2D eigenvalue weighted by molar-refractivity contribution is 6.02. The zero-order valence-electron chi connectivity index (χ0n) is 15.1. The summed E-state index contributed by atoms with van der Waals surface area (Å²) in [6, 6.07) is 9.82. The zero-order valence-corrected chi connectivity index (χ0v) is 15.1. The number of Topliss-reactive ketones (excluding diaryl/α,β-unsaturated/α-hetero) is 1. The number of hydrogen-bond donors (Lipinski definition) is 0. The molecule has 0 saturated heterocycles. The van der Waals surface area contributed by atoms with Crippen LogP contribution >= 0.6 is 0 Å². The van der Waals surface area contributed by atoms with E-state index in [-0.39, 0.29) is 11.7 Å². The van der Waals surface area contributed by atoms with Crippen LogP contribution < -0.4 is 0 Å². The molecular formula is C20H26O4. The monoisotopic (exact) mass is 330 g/mol.